The van der Waals surface area contributed by atoms with Gasteiger partial charge >= 0.3 is 0 Å². The summed E-state index contributed by atoms with van der Waals surface area (Å²) in [6.45, 7) is 3.67. The lowest BCUT2D eigenvalue weighted by atomic mass is 10.1. The van der Waals surface area contributed by atoms with Crippen LogP contribution in [0.5, 0.6) is 0 Å². The van der Waals surface area contributed by atoms with Gasteiger partial charge < -0.3 is 15.3 Å². The zero-order chi connectivity index (χ0) is 11.6. The molecule has 0 aromatic carbocycles. The van der Waals surface area contributed by atoms with Crippen molar-refractivity contribution in [2.24, 2.45) is 0 Å². The van der Waals surface area contributed by atoms with E-state index < -0.39 is 5.97 Å². The average Bonchev–Trinajstić information content (AvgIpc) is 2.14. The van der Waals surface area contributed by atoms with Gasteiger partial charge in [0, 0.05) is 6.42 Å². The van der Waals surface area contributed by atoms with Gasteiger partial charge in [0.05, 0.1) is 0 Å². The molecule has 0 aromatic rings. The van der Waals surface area contributed by atoms with Crippen LogP contribution in [-0.4, -0.2) is 21.3 Å². The topological polar surface area (TPSA) is 60.7 Å². The summed E-state index contributed by atoms with van der Waals surface area (Å²) in [6.07, 6.45) is 10.7. The van der Waals surface area contributed by atoms with Crippen LogP contribution in [0.1, 0.15) is 57.8 Å². The summed E-state index contributed by atoms with van der Waals surface area (Å²) in [6, 6.07) is 0. The quantitative estimate of drug-likeness (QED) is 0.298. The monoisotopic (exact) mass is 216 g/mol. The molecular formula is C12H24O3. The largest absolute Gasteiger partial charge is 0.344 e. The molecule has 3 nitrogen and oxygen atoms in total. The van der Waals surface area contributed by atoms with Crippen molar-refractivity contribution in [3.05, 3.63) is 12.7 Å². The molecule has 0 bridgehead atoms. The smallest absolute Gasteiger partial charge is 0.275 e. The number of unbranched alkanes of at least 4 members (excludes halogenated alkanes) is 7. The standard InChI is InChI=1S/C12H24O3/c1-2-3-4-5-6-7-8-9-10-11-12(13,14)15/h2,13-15H,1,3-11H2. The third-order valence-corrected chi connectivity index (χ3v) is 2.42. The number of rotatable bonds is 10. The fourth-order valence-corrected chi connectivity index (χ4v) is 1.53. The van der Waals surface area contributed by atoms with Crippen LogP contribution in [0.4, 0.5) is 0 Å². The molecule has 0 rings (SSSR count). The highest BCUT2D eigenvalue weighted by Gasteiger charge is 2.16. The second-order valence-corrected chi connectivity index (χ2v) is 4.08. The van der Waals surface area contributed by atoms with Gasteiger partial charge in [-0.3, -0.25) is 0 Å². The Morgan fingerprint density at radius 2 is 1.27 bits per heavy atom. The first-order valence-electron chi connectivity index (χ1n) is 5.84. The van der Waals surface area contributed by atoms with Gasteiger partial charge in [0.1, 0.15) is 0 Å². The van der Waals surface area contributed by atoms with Crippen molar-refractivity contribution in [3.63, 3.8) is 0 Å². The molecule has 0 unspecified atom stereocenters. The van der Waals surface area contributed by atoms with Crippen LogP contribution in [-0.2, 0) is 0 Å². The predicted molar refractivity (Wildman–Crippen MR) is 61.1 cm³/mol. The Morgan fingerprint density at radius 3 is 1.73 bits per heavy atom. The van der Waals surface area contributed by atoms with Crippen LogP contribution in [0, 0.1) is 0 Å². The summed E-state index contributed by atoms with van der Waals surface area (Å²) >= 11 is 0. The van der Waals surface area contributed by atoms with Crippen molar-refractivity contribution in [1.82, 2.24) is 0 Å². The van der Waals surface area contributed by atoms with Crippen molar-refractivity contribution in [2.75, 3.05) is 0 Å². The van der Waals surface area contributed by atoms with E-state index in [1.165, 1.54) is 25.7 Å². The van der Waals surface area contributed by atoms with E-state index in [1.54, 1.807) is 0 Å². The molecule has 0 heterocycles. The van der Waals surface area contributed by atoms with Crippen molar-refractivity contribution in [3.8, 4) is 0 Å². The zero-order valence-electron chi connectivity index (χ0n) is 9.49. The van der Waals surface area contributed by atoms with Gasteiger partial charge in [0.25, 0.3) is 5.97 Å². The molecule has 0 saturated carbocycles. The van der Waals surface area contributed by atoms with Crippen molar-refractivity contribution < 1.29 is 15.3 Å². The molecule has 0 saturated heterocycles. The minimum absolute atomic E-state index is 0.0451. The highest BCUT2D eigenvalue weighted by Crippen LogP contribution is 2.12. The van der Waals surface area contributed by atoms with Crippen LogP contribution in [0.2, 0.25) is 0 Å². The highest BCUT2D eigenvalue weighted by molar-refractivity contribution is 4.65. The van der Waals surface area contributed by atoms with E-state index in [2.05, 4.69) is 6.58 Å². The summed E-state index contributed by atoms with van der Waals surface area (Å²) < 4.78 is 0. The number of aliphatic hydroxyl groups is 3. The fourth-order valence-electron chi connectivity index (χ4n) is 1.53. The van der Waals surface area contributed by atoms with E-state index in [1.807, 2.05) is 6.08 Å². The van der Waals surface area contributed by atoms with Gasteiger partial charge in [-0.25, -0.2) is 0 Å². The highest BCUT2D eigenvalue weighted by atomic mass is 16.7. The molecule has 0 atom stereocenters. The Morgan fingerprint density at radius 1 is 0.800 bits per heavy atom. The second-order valence-electron chi connectivity index (χ2n) is 4.08. The Balaban J connectivity index is 3.02. The molecule has 0 spiro atoms. The minimum Gasteiger partial charge on any atom is -0.344 e. The van der Waals surface area contributed by atoms with Gasteiger partial charge in [-0.05, 0) is 19.3 Å². The Kier molecular flexibility index (Phi) is 8.67. The summed E-state index contributed by atoms with van der Waals surface area (Å²) in [5.74, 6) is -2.47. The van der Waals surface area contributed by atoms with E-state index in [0.717, 1.165) is 19.3 Å². The molecule has 3 heteroatoms. The van der Waals surface area contributed by atoms with E-state index in [9.17, 15) is 0 Å². The maximum absolute atomic E-state index is 8.62. The SMILES string of the molecule is C=CCCCCCCCCCC(O)(O)O. The van der Waals surface area contributed by atoms with Crippen molar-refractivity contribution in [2.45, 2.75) is 63.8 Å². The first-order chi connectivity index (χ1) is 7.06. The molecule has 0 aromatic heterocycles. The van der Waals surface area contributed by atoms with Crippen LogP contribution in [0.3, 0.4) is 0 Å². The Labute approximate surface area is 92.4 Å². The summed E-state index contributed by atoms with van der Waals surface area (Å²) in [4.78, 5) is 0. The predicted octanol–water partition coefficient (Wildman–Crippen LogP) is 2.31. The maximum atomic E-state index is 8.62. The molecule has 0 radical (unpaired) electrons. The maximum Gasteiger partial charge on any atom is 0.275 e. The van der Waals surface area contributed by atoms with Gasteiger partial charge in [-0.1, -0.05) is 38.2 Å². The molecule has 15 heavy (non-hydrogen) atoms. The van der Waals surface area contributed by atoms with Gasteiger partial charge in [-0.15, -0.1) is 6.58 Å². The first kappa shape index (κ1) is 14.6. The molecule has 0 aliphatic carbocycles. The minimum atomic E-state index is -2.47. The molecule has 0 fully saturated rings. The normalized spacial score (nSPS) is 11.7. The van der Waals surface area contributed by atoms with E-state index >= 15 is 0 Å². The zero-order valence-corrected chi connectivity index (χ0v) is 9.49. The van der Waals surface area contributed by atoms with Crippen LogP contribution in [0.15, 0.2) is 12.7 Å². The van der Waals surface area contributed by atoms with Gasteiger partial charge in [0.15, 0.2) is 0 Å². The lowest BCUT2D eigenvalue weighted by Gasteiger charge is -2.12. The van der Waals surface area contributed by atoms with E-state index in [-0.39, 0.29) is 6.42 Å². The van der Waals surface area contributed by atoms with Crippen LogP contribution < -0.4 is 0 Å². The summed E-state index contributed by atoms with van der Waals surface area (Å²) in [7, 11) is 0. The average molecular weight is 216 g/mol. The molecule has 90 valence electrons. The lowest BCUT2D eigenvalue weighted by Crippen LogP contribution is -2.26. The van der Waals surface area contributed by atoms with Gasteiger partial charge in [0.2, 0.25) is 0 Å². The number of hydrogen-bond donors (Lipinski definition) is 3. The number of allylic oxidation sites excluding steroid dienone is 1. The first-order valence-corrected chi connectivity index (χ1v) is 5.84. The third-order valence-electron chi connectivity index (χ3n) is 2.42. The molecule has 3 N–H and O–H groups in total. The third kappa shape index (κ3) is 13.6. The number of hydrogen-bond acceptors (Lipinski definition) is 3. The van der Waals surface area contributed by atoms with Crippen molar-refractivity contribution >= 4 is 0 Å². The summed E-state index contributed by atoms with van der Waals surface area (Å²) in [5.41, 5.74) is 0. The van der Waals surface area contributed by atoms with Crippen LogP contribution >= 0.6 is 0 Å². The van der Waals surface area contributed by atoms with E-state index in [4.69, 9.17) is 15.3 Å². The molecular weight excluding hydrogens is 192 g/mol. The second kappa shape index (κ2) is 8.89. The fraction of sp³-hybridized carbons (Fsp3) is 0.833. The van der Waals surface area contributed by atoms with Crippen molar-refractivity contribution in [1.29, 1.82) is 0 Å². The Bertz CT molecular complexity index is 149. The molecule has 0 aliphatic heterocycles. The van der Waals surface area contributed by atoms with Crippen LogP contribution in [0.25, 0.3) is 0 Å². The van der Waals surface area contributed by atoms with Gasteiger partial charge in [-0.2, -0.15) is 0 Å². The van der Waals surface area contributed by atoms with E-state index in [0.29, 0.717) is 6.42 Å². The Hall–Kier alpha value is -0.380. The lowest BCUT2D eigenvalue weighted by molar-refractivity contribution is -0.315. The molecule has 0 amide bonds. The summed E-state index contributed by atoms with van der Waals surface area (Å²) in [5, 5.41) is 25.9. The molecule has 0 aliphatic rings.